The van der Waals surface area contributed by atoms with Crippen molar-refractivity contribution in [2.75, 3.05) is 5.32 Å². The number of aromatic nitrogens is 4. The van der Waals surface area contributed by atoms with E-state index in [-0.39, 0.29) is 18.0 Å². The van der Waals surface area contributed by atoms with Crippen molar-refractivity contribution in [3.63, 3.8) is 0 Å². The Morgan fingerprint density at radius 2 is 2.11 bits per heavy atom. The van der Waals surface area contributed by atoms with E-state index in [4.69, 9.17) is 11.6 Å². The number of halogens is 2. The second-order valence-corrected chi connectivity index (χ2v) is 8.27. The van der Waals surface area contributed by atoms with Gasteiger partial charge in [0.15, 0.2) is 0 Å². The zero-order valence-corrected chi connectivity index (χ0v) is 16.5. The first-order valence-corrected chi connectivity index (χ1v) is 9.66. The van der Waals surface area contributed by atoms with E-state index in [9.17, 15) is 14.0 Å². The van der Waals surface area contributed by atoms with Gasteiger partial charge in [-0.05, 0) is 24.3 Å². The van der Waals surface area contributed by atoms with Gasteiger partial charge < -0.3 is 5.32 Å². The summed E-state index contributed by atoms with van der Waals surface area (Å²) >= 11 is 7.48. The van der Waals surface area contributed by atoms with Gasteiger partial charge in [0.1, 0.15) is 17.9 Å². The average Bonchev–Trinajstić information content (AvgIpc) is 3.15. The van der Waals surface area contributed by atoms with E-state index in [0.29, 0.717) is 21.4 Å². The number of carbonyl (C=O) groups excluding carboxylic acids is 1. The molecule has 10 heteroatoms. The molecule has 0 aliphatic heterocycles. The first-order valence-electron chi connectivity index (χ1n) is 8.46. The first-order chi connectivity index (χ1) is 13.3. The Bertz CT molecular complexity index is 1260. The van der Waals surface area contributed by atoms with E-state index in [1.807, 2.05) is 13.8 Å². The Labute approximate surface area is 167 Å². The molecule has 1 N–H and O–H groups in total. The maximum atomic E-state index is 12.9. The Balaban J connectivity index is 1.74. The quantitative estimate of drug-likeness (QED) is 0.512. The molecule has 4 aromatic heterocycles. The number of nitrogens with zero attached hydrogens (tertiary/aromatic N) is 4. The van der Waals surface area contributed by atoms with E-state index >= 15 is 0 Å². The highest BCUT2D eigenvalue weighted by Gasteiger charge is 2.19. The number of nitrogens with one attached hydrogen (secondary N) is 1. The molecule has 0 unspecified atom stereocenters. The van der Waals surface area contributed by atoms with E-state index in [1.54, 1.807) is 16.5 Å². The molecule has 4 aromatic rings. The van der Waals surface area contributed by atoms with Crippen LogP contribution in [0.25, 0.3) is 15.7 Å². The third-order valence-corrected chi connectivity index (χ3v) is 5.39. The van der Waals surface area contributed by atoms with E-state index in [1.165, 1.54) is 23.6 Å². The molecule has 4 heterocycles. The molecule has 7 nitrogen and oxygen atoms in total. The summed E-state index contributed by atoms with van der Waals surface area (Å²) in [7, 11) is 0. The summed E-state index contributed by atoms with van der Waals surface area (Å²) in [5, 5.41) is 7.00. The molecule has 0 bridgehead atoms. The van der Waals surface area contributed by atoms with Gasteiger partial charge in [-0.3, -0.25) is 14.0 Å². The van der Waals surface area contributed by atoms with Crippen LogP contribution < -0.4 is 10.9 Å². The van der Waals surface area contributed by atoms with Crippen molar-refractivity contribution in [3.05, 3.63) is 56.9 Å². The molecule has 0 saturated carbocycles. The lowest BCUT2D eigenvalue weighted by atomic mass is 10.2. The molecule has 0 aromatic carbocycles. The number of fused-ring (bicyclic) bond motifs is 3. The van der Waals surface area contributed by atoms with Crippen LogP contribution in [-0.2, 0) is 11.3 Å². The van der Waals surface area contributed by atoms with Gasteiger partial charge in [0.05, 0.1) is 26.4 Å². The SMILES string of the molecule is CC(C)c1nn(CC(=O)Nc2ccc(F)nc2)c(=O)c2cc3sc(Cl)cc3n12. The monoisotopic (exact) mass is 419 g/mol. The molecule has 1 amide bonds. The van der Waals surface area contributed by atoms with Crippen molar-refractivity contribution in [1.29, 1.82) is 0 Å². The van der Waals surface area contributed by atoms with Crippen LogP contribution in [-0.4, -0.2) is 25.1 Å². The Morgan fingerprint density at radius 3 is 2.79 bits per heavy atom. The highest BCUT2D eigenvalue weighted by molar-refractivity contribution is 7.22. The van der Waals surface area contributed by atoms with Crippen molar-refractivity contribution in [2.45, 2.75) is 26.3 Å². The van der Waals surface area contributed by atoms with Gasteiger partial charge in [-0.15, -0.1) is 11.3 Å². The molecule has 0 radical (unpaired) electrons. The van der Waals surface area contributed by atoms with E-state index in [2.05, 4.69) is 15.4 Å². The minimum atomic E-state index is -0.642. The van der Waals surface area contributed by atoms with Crippen LogP contribution in [0.5, 0.6) is 0 Å². The fraction of sp³-hybridized carbons (Fsp3) is 0.222. The molecule has 0 saturated heterocycles. The molecule has 28 heavy (non-hydrogen) atoms. The molecule has 0 aliphatic carbocycles. The maximum Gasteiger partial charge on any atom is 0.291 e. The first kappa shape index (κ1) is 18.6. The Kier molecular flexibility index (Phi) is 4.64. The Hall–Kier alpha value is -2.78. The molecular weight excluding hydrogens is 405 g/mol. The number of pyridine rings is 1. The number of amides is 1. The summed E-state index contributed by atoms with van der Waals surface area (Å²) in [6, 6.07) is 6.10. The highest BCUT2D eigenvalue weighted by atomic mass is 35.5. The summed E-state index contributed by atoms with van der Waals surface area (Å²) in [6.07, 6.45) is 1.21. The van der Waals surface area contributed by atoms with Crippen LogP contribution in [0.1, 0.15) is 25.6 Å². The van der Waals surface area contributed by atoms with Crippen LogP contribution in [0.2, 0.25) is 4.34 Å². The van der Waals surface area contributed by atoms with Crippen LogP contribution in [0.4, 0.5) is 10.1 Å². The zero-order valence-electron chi connectivity index (χ0n) is 14.9. The van der Waals surface area contributed by atoms with Crippen LogP contribution >= 0.6 is 22.9 Å². The summed E-state index contributed by atoms with van der Waals surface area (Å²) in [5.74, 6) is -0.446. The van der Waals surface area contributed by atoms with Crippen molar-refractivity contribution >= 4 is 50.3 Å². The molecule has 0 spiro atoms. The minimum absolute atomic E-state index is 0.00739. The minimum Gasteiger partial charge on any atom is -0.323 e. The number of hydrogen-bond donors (Lipinski definition) is 1. The number of anilines is 1. The van der Waals surface area contributed by atoms with Crippen molar-refractivity contribution in [1.82, 2.24) is 19.2 Å². The van der Waals surface area contributed by atoms with Gasteiger partial charge in [-0.1, -0.05) is 25.4 Å². The molecule has 0 aliphatic rings. The third-order valence-electron chi connectivity index (χ3n) is 4.19. The lowest BCUT2D eigenvalue weighted by molar-refractivity contribution is -0.117. The lowest BCUT2D eigenvalue weighted by Crippen LogP contribution is -2.32. The number of hydrogen-bond acceptors (Lipinski definition) is 5. The fourth-order valence-electron chi connectivity index (χ4n) is 2.98. The Morgan fingerprint density at radius 1 is 1.32 bits per heavy atom. The topological polar surface area (TPSA) is 81.3 Å². The smallest absolute Gasteiger partial charge is 0.291 e. The molecule has 144 valence electrons. The lowest BCUT2D eigenvalue weighted by Gasteiger charge is -2.13. The predicted molar refractivity (Wildman–Crippen MR) is 107 cm³/mol. The summed E-state index contributed by atoms with van der Waals surface area (Å²) in [6.45, 7) is 3.65. The van der Waals surface area contributed by atoms with E-state index < -0.39 is 11.9 Å². The van der Waals surface area contributed by atoms with Crippen molar-refractivity contribution in [2.24, 2.45) is 0 Å². The second-order valence-electron chi connectivity index (χ2n) is 6.56. The molecular formula is C18H15ClFN5O2S. The fourth-order valence-corrected chi connectivity index (χ4v) is 4.14. The van der Waals surface area contributed by atoms with Crippen LogP contribution in [0.3, 0.4) is 0 Å². The van der Waals surface area contributed by atoms with Crippen LogP contribution in [0.15, 0.2) is 35.3 Å². The van der Waals surface area contributed by atoms with Gasteiger partial charge in [0.25, 0.3) is 5.56 Å². The second kappa shape index (κ2) is 6.99. The standard InChI is InChI=1S/C18H15ClFN5O2S/c1-9(2)17-23-24(8-16(26)22-10-3-4-15(20)21-7-10)18(27)12-5-13-11(25(12)17)6-14(19)28-13/h3-7,9H,8H2,1-2H3,(H,22,26). The molecule has 4 rings (SSSR count). The van der Waals surface area contributed by atoms with Gasteiger partial charge >= 0.3 is 0 Å². The summed E-state index contributed by atoms with van der Waals surface area (Å²) in [4.78, 5) is 28.7. The van der Waals surface area contributed by atoms with Crippen molar-refractivity contribution < 1.29 is 9.18 Å². The number of rotatable bonds is 4. The predicted octanol–water partition coefficient (Wildman–Crippen LogP) is 3.66. The normalized spacial score (nSPS) is 11.6. The average molecular weight is 420 g/mol. The highest BCUT2D eigenvalue weighted by Crippen LogP contribution is 2.32. The van der Waals surface area contributed by atoms with Gasteiger partial charge in [-0.25, -0.2) is 9.67 Å². The zero-order chi connectivity index (χ0) is 20.0. The maximum absolute atomic E-state index is 12.9. The van der Waals surface area contributed by atoms with Gasteiger partial charge in [0, 0.05) is 5.92 Å². The number of carbonyl (C=O) groups is 1. The number of thiophene rings is 1. The van der Waals surface area contributed by atoms with Gasteiger partial charge in [0.2, 0.25) is 11.9 Å². The van der Waals surface area contributed by atoms with Crippen molar-refractivity contribution in [3.8, 4) is 0 Å². The van der Waals surface area contributed by atoms with E-state index in [0.717, 1.165) is 21.0 Å². The molecule has 0 fully saturated rings. The third kappa shape index (κ3) is 3.27. The largest absolute Gasteiger partial charge is 0.323 e. The van der Waals surface area contributed by atoms with Crippen LogP contribution in [0, 0.1) is 5.95 Å². The van der Waals surface area contributed by atoms with Gasteiger partial charge in [-0.2, -0.15) is 9.49 Å². The summed E-state index contributed by atoms with van der Waals surface area (Å²) < 4.78 is 17.3. The molecule has 0 atom stereocenters. The summed E-state index contributed by atoms with van der Waals surface area (Å²) in [5.41, 5.74) is 1.22.